The van der Waals surface area contributed by atoms with Crippen LogP contribution in [0.15, 0.2) is 82.7 Å². The molecule has 1 aliphatic rings. The number of anilines is 1. The number of rotatable bonds is 7. The van der Waals surface area contributed by atoms with E-state index in [2.05, 4.69) is 25.9 Å². The lowest BCUT2D eigenvalue weighted by molar-refractivity contribution is -0.136. The van der Waals surface area contributed by atoms with Gasteiger partial charge < -0.3 is 4.90 Å². The van der Waals surface area contributed by atoms with Gasteiger partial charge in [-0.15, -0.1) is 0 Å². The number of benzene rings is 2. The van der Waals surface area contributed by atoms with Crippen LogP contribution in [0.5, 0.6) is 0 Å². The van der Waals surface area contributed by atoms with Crippen molar-refractivity contribution in [2.24, 2.45) is 0 Å². The third-order valence-electron chi connectivity index (χ3n) is 4.97. The van der Waals surface area contributed by atoms with E-state index in [9.17, 15) is 14.4 Å². The van der Waals surface area contributed by atoms with E-state index in [-0.39, 0.29) is 30.5 Å². The van der Waals surface area contributed by atoms with Crippen molar-refractivity contribution in [1.29, 1.82) is 0 Å². The Bertz CT molecular complexity index is 1110. The van der Waals surface area contributed by atoms with Crippen molar-refractivity contribution in [3.05, 3.63) is 83.1 Å². The molecule has 0 saturated carbocycles. The zero-order chi connectivity index (χ0) is 22.5. The number of hydrogen-bond acceptors (Lipinski definition) is 6. The van der Waals surface area contributed by atoms with Gasteiger partial charge in [-0.05, 0) is 35.9 Å². The van der Waals surface area contributed by atoms with Gasteiger partial charge in [0.2, 0.25) is 11.8 Å². The van der Waals surface area contributed by atoms with E-state index in [1.165, 1.54) is 16.7 Å². The van der Waals surface area contributed by atoms with Crippen LogP contribution in [-0.4, -0.2) is 44.4 Å². The molecule has 3 amide bonds. The maximum absolute atomic E-state index is 13.3. The number of thioether (sulfide) groups is 1. The predicted octanol–water partition coefficient (Wildman–Crippen LogP) is 3.69. The standard InChI is InChI=1S/C23H19BrN4O3S/c24-17-7-9-18(10-8-17)28-20(29)13-19(22(28)31)27(14-16-5-2-1-3-6-16)21(30)15-32-23-25-11-4-12-26-23/h1-12,19H,13-15H2. The molecule has 1 unspecified atom stereocenters. The summed E-state index contributed by atoms with van der Waals surface area (Å²) >= 11 is 4.56. The van der Waals surface area contributed by atoms with Gasteiger partial charge in [-0.3, -0.25) is 14.4 Å². The van der Waals surface area contributed by atoms with Gasteiger partial charge in [-0.25, -0.2) is 14.9 Å². The zero-order valence-electron chi connectivity index (χ0n) is 16.9. The fourth-order valence-electron chi connectivity index (χ4n) is 3.44. The Hall–Kier alpha value is -3.04. The average molecular weight is 511 g/mol. The van der Waals surface area contributed by atoms with Crippen LogP contribution < -0.4 is 4.90 Å². The molecule has 7 nitrogen and oxygen atoms in total. The molecule has 0 spiro atoms. The van der Waals surface area contributed by atoms with Crippen molar-refractivity contribution in [3.63, 3.8) is 0 Å². The van der Waals surface area contributed by atoms with Gasteiger partial charge >= 0.3 is 0 Å². The molecule has 0 bridgehead atoms. The minimum absolute atomic E-state index is 0.0556. The molecule has 0 aliphatic carbocycles. The van der Waals surface area contributed by atoms with E-state index >= 15 is 0 Å². The summed E-state index contributed by atoms with van der Waals surface area (Å²) in [4.78, 5) is 50.2. The summed E-state index contributed by atoms with van der Waals surface area (Å²) in [6, 6.07) is 17.2. The number of nitrogens with zero attached hydrogens (tertiary/aromatic N) is 4. The molecule has 2 heterocycles. The number of amides is 3. The highest BCUT2D eigenvalue weighted by molar-refractivity contribution is 9.10. The summed E-state index contributed by atoms with van der Waals surface area (Å²) in [7, 11) is 0. The second kappa shape index (κ2) is 10.1. The Morgan fingerprint density at radius 1 is 1.03 bits per heavy atom. The maximum Gasteiger partial charge on any atom is 0.257 e. The molecule has 2 aromatic carbocycles. The van der Waals surface area contributed by atoms with Crippen molar-refractivity contribution < 1.29 is 14.4 Å². The third-order valence-corrected chi connectivity index (χ3v) is 6.36. The van der Waals surface area contributed by atoms with Gasteiger partial charge in [0.15, 0.2) is 5.16 Å². The van der Waals surface area contributed by atoms with E-state index in [1.54, 1.807) is 42.7 Å². The van der Waals surface area contributed by atoms with Gasteiger partial charge in [-0.2, -0.15) is 0 Å². The van der Waals surface area contributed by atoms with E-state index in [1.807, 2.05) is 30.3 Å². The number of carbonyl (C=O) groups excluding carboxylic acids is 3. The summed E-state index contributed by atoms with van der Waals surface area (Å²) < 4.78 is 0.845. The molecule has 4 rings (SSSR count). The van der Waals surface area contributed by atoms with Crippen molar-refractivity contribution in [1.82, 2.24) is 14.9 Å². The normalized spacial score (nSPS) is 15.8. The summed E-state index contributed by atoms with van der Waals surface area (Å²) in [5.74, 6) is -0.919. The fourth-order valence-corrected chi connectivity index (χ4v) is 4.40. The zero-order valence-corrected chi connectivity index (χ0v) is 19.3. The van der Waals surface area contributed by atoms with Gasteiger partial charge in [0.1, 0.15) is 6.04 Å². The van der Waals surface area contributed by atoms with E-state index in [0.717, 1.165) is 14.9 Å². The molecule has 1 aliphatic heterocycles. The molecule has 1 atom stereocenters. The fraction of sp³-hybridized carbons (Fsp3) is 0.174. The highest BCUT2D eigenvalue weighted by Crippen LogP contribution is 2.28. The predicted molar refractivity (Wildman–Crippen MR) is 125 cm³/mol. The number of aromatic nitrogens is 2. The van der Waals surface area contributed by atoms with Gasteiger partial charge in [-0.1, -0.05) is 58.0 Å². The maximum atomic E-state index is 13.3. The second-order valence-corrected chi connectivity index (χ2v) is 8.95. The molecular formula is C23H19BrN4O3S. The van der Waals surface area contributed by atoms with Crippen LogP contribution >= 0.6 is 27.7 Å². The Balaban J connectivity index is 1.57. The summed E-state index contributed by atoms with van der Waals surface area (Å²) in [6.45, 7) is 0.230. The number of carbonyl (C=O) groups is 3. The highest BCUT2D eigenvalue weighted by Gasteiger charge is 2.44. The van der Waals surface area contributed by atoms with Crippen LogP contribution in [0.2, 0.25) is 0 Å². The Labute approximate surface area is 198 Å². The lowest BCUT2D eigenvalue weighted by Gasteiger charge is -2.27. The minimum atomic E-state index is -0.865. The lowest BCUT2D eigenvalue weighted by Crippen LogP contribution is -2.45. The Morgan fingerprint density at radius 2 is 1.72 bits per heavy atom. The molecule has 162 valence electrons. The topological polar surface area (TPSA) is 83.5 Å². The molecule has 1 aromatic heterocycles. The first kappa shape index (κ1) is 22.2. The molecule has 0 radical (unpaired) electrons. The van der Waals surface area contributed by atoms with E-state index in [0.29, 0.717) is 10.8 Å². The average Bonchev–Trinajstić information content (AvgIpc) is 3.11. The monoisotopic (exact) mass is 510 g/mol. The third kappa shape index (κ3) is 5.05. The largest absolute Gasteiger partial charge is 0.325 e. The summed E-state index contributed by atoms with van der Waals surface area (Å²) in [6.07, 6.45) is 3.16. The molecule has 9 heteroatoms. The Morgan fingerprint density at radius 3 is 2.41 bits per heavy atom. The van der Waals surface area contributed by atoms with Gasteiger partial charge in [0.05, 0.1) is 17.9 Å². The minimum Gasteiger partial charge on any atom is -0.325 e. The van der Waals surface area contributed by atoms with Crippen LogP contribution in [0.3, 0.4) is 0 Å². The molecule has 3 aromatic rings. The smallest absolute Gasteiger partial charge is 0.257 e. The first-order chi connectivity index (χ1) is 15.5. The highest BCUT2D eigenvalue weighted by atomic mass is 79.9. The number of halogens is 1. The first-order valence-electron chi connectivity index (χ1n) is 9.88. The summed E-state index contributed by atoms with van der Waals surface area (Å²) in [5.41, 5.74) is 1.37. The number of imide groups is 1. The van der Waals surface area contributed by atoms with E-state index < -0.39 is 11.9 Å². The van der Waals surface area contributed by atoms with Crippen molar-refractivity contribution in [2.45, 2.75) is 24.2 Å². The van der Waals surface area contributed by atoms with Crippen LogP contribution in [0.1, 0.15) is 12.0 Å². The molecule has 32 heavy (non-hydrogen) atoms. The first-order valence-corrected chi connectivity index (χ1v) is 11.7. The number of hydrogen-bond donors (Lipinski definition) is 0. The van der Waals surface area contributed by atoms with Crippen LogP contribution in [-0.2, 0) is 20.9 Å². The van der Waals surface area contributed by atoms with Crippen LogP contribution in [0, 0.1) is 0 Å². The quantitative estimate of drug-likeness (QED) is 0.273. The van der Waals surface area contributed by atoms with Crippen LogP contribution in [0.4, 0.5) is 5.69 Å². The van der Waals surface area contributed by atoms with Gasteiger partial charge in [0, 0.05) is 23.4 Å². The molecule has 1 saturated heterocycles. The van der Waals surface area contributed by atoms with Crippen LogP contribution in [0.25, 0.3) is 0 Å². The second-order valence-electron chi connectivity index (χ2n) is 7.09. The SMILES string of the molecule is O=C1CC(N(Cc2ccccc2)C(=O)CSc2ncccn2)C(=O)N1c1ccc(Br)cc1. The van der Waals surface area contributed by atoms with Crippen molar-refractivity contribution in [2.75, 3.05) is 10.7 Å². The van der Waals surface area contributed by atoms with Crippen molar-refractivity contribution in [3.8, 4) is 0 Å². The summed E-state index contributed by atoms with van der Waals surface area (Å²) in [5, 5.41) is 0.478. The molecule has 0 N–H and O–H groups in total. The lowest BCUT2D eigenvalue weighted by atomic mass is 10.1. The van der Waals surface area contributed by atoms with Gasteiger partial charge in [0.25, 0.3) is 5.91 Å². The Kier molecular flexibility index (Phi) is 6.96. The molecular weight excluding hydrogens is 492 g/mol. The van der Waals surface area contributed by atoms with E-state index in [4.69, 9.17) is 0 Å². The molecule has 1 fully saturated rings. The van der Waals surface area contributed by atoms with Crippen molar-refractivity contribution >= 4 is 51.1 Å².